The maximum atomic E-state index is 13.6. The minimum atomic E-state index is -1.15. The van der Waals surface area contributed by atoms with Gasteiger partial charge in [0, 0.05) is 36.4 Å². The molecule has 2 amide bonds. The van der Waals surface area contributed by atoms with Crippen LogP contribution < -0.4 is 11.1 Å². The van der Waals surface area contributed by atoms with Crippen molar-refractivity contribution in [2.24, 2.45) is 5.73 Å². The Bertz CT molecular complexity index is 1480. The van der Waals surface area contributed by atoms with Crippen molar-refractivity contribution in [2.75, 3.05) is 23.4 Å². The summed E-state index contributed by atoms with van der Waals surface area (Å²) >= 11 is 1.16. The highest BCUT2D eigenvalue weighted by atomic mass is 32.2. The van der Waals surface area contributed by atoms with Crippen LogP contribution in [0.15, 0.2) is 83.7 Å². The van der Waals surface area contributed by atoms with E-state index in [-0.39, 0.29) is 42.8 Å². The molecule has 0 spiro atoms. The Morgan fingerprint density at radius 1 is 1.02 bits per heavy atom. The SMILES string of the molecule is CCc1cccc(CN(C[C@@H](O)[C@@H](N)Cc2cc(F)cc(F)c2)C(=O)CSCC(=O)Nc2ccc(-c3cnco3)cc2)c1. The number of nitrogens with two attached hydrogens (primary N) is 1. The van der Waals surface area contributed by atoms with Gasteiger partial charge in [0.15, 0.2) is 12.2 Å². The third-order valence-corrected chi connectivity index (χ3v) is 7.68. The van der Waals surface area contributed by atoms with Crippen LogP contribution in [0.25, 0.3) is 11.3 Å². The minimum absolute atomic E-state index is 0.00237. The summed E-state index contributed by atoms with van der Waals surface area (Å²) in [5.41, 5.74) is 9.92. The van der Waals surface area contributed by atoms with Crippen molar-refractivity contribution in [2.45, 2.75) is 38.5 Å². The maximum Gasteiger partial charge on any atom is 0.234 e. The van der Waals surface area contributed by atoms with E-state index in [0.717, 1.165) is 40.9 Å². The van der Waals surface area contributed by atoms with Crippen LogP contribution in [-0.2, 0) is 29.0 Å². The highest BCUT2D eigenvalue weighted by molar-refractivity contribution is 8.00. The molecule has 0 saturated heterocycles. The molecule has 8 nitrogen and oxygen atoms in total. The van der Waals surface area contributed by atoms with E-state index in [9.17, 15) is 23.5 Å². The van der Waals surface area contributed by atoms with Crippen molar-refractivity contribution in [1.29, 1.82) is 0 Å². The van der Waals surface area contributed by atoms with Gasteiger partial charge in [-0.3, -0.25) is 9.59 Å². The van der Waals surface area contributed by atoms with Gasteiger partial charge in [-0.05, 0) is 65.9 Å². The van der Waals surface area contributed by atoms with Gasteiger partial charge in [-0.1, -0.05) is 31.2 Å². The van der Waals surface area contributed by atoms with Gasteiger partial charge >= 0.3 is 0 Å². The van der Waals surface area contributed by atoms with Gasteiger partial charge in [-0.15, -0.1) is 11.8 Å². The fourth-order valence-corrected chi connectivity index (χ4v) is 5.23. The molecular weight excluding hydrogens is 574 g/mol. The second kappa shape index (κ2) is 15.4. The van der Waals surface area contributed by atoms with Crippen LogP contribution >= 0.6 is 11.8 Å². The van der Waals surface area contributed by atoms with E-state index >= 15 is 0 Å². The topological polar surface area (TPSA) is 122 Å². The van der Waals surface area contributed by atoms with E-state index in [0.29, 0.717) is 17.0 Å². The number of carbonyl (C=O) groups excluding carboxylic acids is 2. The maximum absolute atomic E-state index is 13.6. The monoisotopic (exact) mass is 608 g/mol. The van der Waals surface area contributed by atoms with Crippen molar-refractivity contribution in [3.05, 3.63) is 108 Å². The van der Waals surface area contributed by atoms with Crippen molar-refractivity contribution in [1.82, 2.24) is 9.88 Å². The summed E-state index contributed by atoms with van der Waals surface area (Å²) < 4.78 is 32.5. The van der Waals surface area contributed by atoms with E-state index < -0.39 is 23.8 Å². The van der Waals surface area contributed by atoms with Gasteiger partial charge in [-0.25, -0.2) is 13.8 Å². The number of benzene rings is 3. The average Bonchev–Trinajstić information content (AvgIpc) is 3.52. The number of amides is 2. The van der Waals surface area contributed by atoms with Crippen molar-refractivity contribution in [3.8, 4) is 11.3 Å². The third kappa shape index (κ3) is 9.74. The molecule has 43 heavy (non-hydrogen) atoms. The number of hydrogen-bond acceptors (Lipinski definition) is 7. The minimum Gasteiger partial charge on any atom is -0.444 e. The quantitative estimate of drug-likeness (QED) is 0.188. The number of aromatic nitrogens is 1. The zero-order valence-corrected chi connectivity index (χ0v) is 24.5. The highest BCUT2D eigenvalue weighted by Gasteiger charge is 2.23. The van der Waals surface area contributed by atoms with Gasteiger partial charge in [0.2, 0.25) is 11.8 Å². The van der Waals surface area contributed by atoms with Crippen LogP contribution in [0.2, 0.25) is 0 Å². The number of aryl methyl sites for hydroxylation is 1. The van der Waals surface area contributed by atoms with E-state index in [1.165, 1.54) is 23.4 Å². The second-order valence-electron chi connectivity index (χ2n) is 10.1. The number of nitrogens with one attached hydrogen (secondary N) is 1. The van der Waals surface area contributed by atoms with E-state index in [2.05, 4.69) is 10.3 Å². The normalized spacial score (nSPS) is 12.5. The number of aliphatic hydroxyl groups excluding tert-OH is 1. The van der Waals surface area contributed by atoms with Crippen LogP contribution in [-0.4, -0.2) is 57.0 Å². The Morgan fingerprint density at radius 2 is 1.74 bits per heavy atom. The second-order valence-corrected chi connectivity index (χ2v) is 11.1. The Hall–Kier alpha value is -4.06. The molecule has 0 aliphatic rings. The van der Waals surface area contributed by atoms with Crippen LogP contribution in [0.4, 0.5) is 14.5 Å². The number of halogens is 2. The third-order valence-electron chi connectivity index (χ3n) is 6.77. The summed E-state index contributed by atoms with van der Waals surface area (Å²) in [4.78, 5) is 31.2. The fourth-order valence-electron chi connectivity index (χ4n) is 4.52. The van der Waals surface area contributed by atoms with Crippen molar-refractivity contribution >= 4 is 29.3 Å². The molecular formula is C32H34F2N4O4S. The molecule has 3 aromatic carbocycles. The Labute approximate surface area is 253 Å². The number of rotatable bonds is 14. The predicted molar refractivity (Wildman–Crippen MR) is 163 cm³/mol. The Balaban J connectivity index is 1.34. The average molecular weight is 609 g/mol. The number of anilines is 1. The molecule has 0 aliphatic carbocycles. The number of aliphatic hydroxyl groups is 1. The molecule has 0 unspecified atom stereocenters. The number of nitrogens with zero attached hydrogens (tertiary/aromatic N) is 2. The summed E-state index contributed by atoms with van der Waals surface area (Å²) in [5.74, 6) is -1.34. The van der Waals surface area contributed by atoms with E-state index in [1.807, 2.05) is 31.2 Å². The molecule has 1 aromatic heterocycles. The van der Waals surface area contributed by atoms with Gasteiger partial charge in [0.1, 0.15) is 11.6 Å². The van der Waals surface area contributed by atoms with Crippen molar-refractivity contribution in [3.63, 3.8) is 0 Å². The smallest absolute Gasteiger partial charge is 0.234 e. The van der Waals surface area contributed by atoms with Gasteiger partial charge in [-0.2, -0.15) is 0 Å². The number of thioether (sulfide) groups is 1. The molecule has 0 radical (unpaired) electrons. The first-order chi connectivity index (χ1) is 20.7. The molecule has 2 atom stereocenters. The summed E-state index contributed by atoms with van der Waals surface area (Å²) in [6.07, 6.45) is 2.64. The largest absolute Gasteiger partial charge is 0.444 e. The molecule has 0 saturated carbocycles. The Morgan fingerprint density at radius 3 is 2.42 bits per heavy atom. The molecule has 4 rings (SSSR count). The molecule has 4 N–H and O–H groups in total. The first-order valence-electron chi connectivity index (χ1n) is 13.8. The number of oxazole rings is 1. The molecule has 11 heteroatoms. The summed E-state index contributed by atoms with van der Waals surface area (Å²) in [6, 6.07) is 17.1. The Kier molecular flexibility index (Phi) is 11.4. The van der Waals surface area contributed by atoms with Crippen molar-refractivity contribution < 1.29 is 27.9 Å². The summed E-state index contributed by atoms with van der Waals surface area (Å²) in [7, 11) is 0. The number of carbonyl (C=O) groups is 2. The molecule has 4 aromatic rings. The lowest BCUT2D eigenvalue weighted by Crippen LogP contribution is -2.46. The van der Waals surface area contributed by atoms with E-state index in [1.54, 1.807) is 30.5 Å². The molecule has 0 aliphatic heterocycles. The molecule has 1 heterocycles. The van der Waals surface area contributed by atoms with Crippen LogP contribution in [0.5, 0.6) is 0 Å². The van der Waals surface area contributed by atoms with Gasteiger partial charge in [0.05, 0.1) is 23.8 Å². The predicted octanol–water partition coefficient (Wildman–Crippen LogP) is 4.81. The van der Waals surface area contributed by atoms with Crippen LogP contribution in [0, 0.1) is 11.6 Å². The van der Waals surface area contributed by atoms with Gasteiger partial charge < -0.3 is 25.5 Å². The van der Waals surface area contributed by atoms with Crippen LogP contribution in [0.1, 0.15) is 23.6 Å². The van der Waals surface area contributed by atoms with E-state index in [4.69, 9.17) is 10.2 Å². The summed E-state index contributed by atoms with van der Waals surface area (Å²) in [5, 5.41) is 13.7. The van der Waals surface area contributed by atoms with Crippen LogP contribution in [0.3, 0.4) is 0 Å². The molecule has 0 bridgehead atoms. The zero-order valence-electron chi connectivity index (χ0n) is 23.7. The molecule has 226 valence electrons. The number of hydrogen-bond donors (Lipinski definition) is 3. The standard InChI is InChI=1S/C32H34F2N4O4S/c1-2-21-4-3-5-22(10-21)16-38(17-29(39)28(35)13-23-11-25(33)14-26(34)12-23)32(41)19-43-18-31(40)37-27-8-6-24(7-9-27)30-15-36-20-42-30/h3-12,14-15,20,28-29,39H,2,13,16-19,35H2,1H3,(H,37,40)/t28-,29+/m0/s1. The first-order valence-corrected chi connectivity index (χ1v) is 15.0. The zero-order chi connectivity index (χ0) is 30.8. The highest BCUT2D eigenvalue weighted by Crippen LogP contribution is 2.21. The lowest BCUT2D eigenvalue weighted by molar-refractivity contribution is -0.130. The molecule has 0 fully saturated rings. The first kappa shape index (κ1) is 31.9. The van der Waals surface area contributed by atoms with Gasteiger partial charge in [0.25, 0.3) is 0 Å². The fraction of sp³-hybridized carbons (Fsp3) is 0.281. The summed E-state index contributed by atoms with van der Waals surface area (Å²) in [6.45, 7) is 2.18. The lowest BCUT2D eigenvalue weighted by atomic mass is 10.0. The lowest BCUT2D eigenvalue weighted by Gasteiger charge is -2.28.